The molecule has 1 fully saturated rings. The van der Waals surface area contributed by atoms with E-state index in [9.17, 15) is 0 Å². The fourth-order valence-electron chi connectivity index (χ4n) is 1.76. The zero-order valence-electron chi connectivity index (χ0n) is 9.40. The minimum absolute atomic E-state index is 0.747. The van der Waals surface area contributed by atoms with Gasteiger partial charge in [-0.2, -0.15) is 0 Å². The third kappa shape index (κ3) is 2.49. The maximum Gasteiger partial charge on any atom is 0.213 e. The van der Waals surface area contributed by atoms with Gasteiger partial charge >= 0.3 is 0 Å². The molecule has 83 valence electrons. The first-order chi connectivity index (χ1) is 7.27. The Bertz CT molecular complexity index is 265. The molecule has 0 saturated carbocycles. The summed E-state index contributed by atoms with van der Waals surface area (Å²) >= 11 is 0. The van der Waals surface area contributed by atoms with Crippen LogP contribution in [0.5, 0.6) is 0 Å². The van der Waals surface area contributed by atoms with Crippen molar-refractivity contribution in [2.75, 3.05) is 46.8 Å². The molecule has 0 aromatic rings. The molecular formula is C10H18N5. The molecule has 0 spiro atoms. The van der Waals surface area contributed by atoms with E-state index < -0.39 is 0 Å². The van der Waals surface area contributed by atoms with Gasteiger partial charge in [0.15, 0.2) is 0 Å². The van der Waals surface area contributed by atoms with E-state index in [1.165, 1.54) is 0 Å². The van der Waals surface area contributed by atoms with Gasteiger partial charge in [-0.15, -0.1) is 0 Å². The number of hydrogen-bond donors (Lipinski definition) is 1. The Hall–Kier alpha value is -1.07. The van der Waals surface area contributed by atoms with Crippen molar-refractivity contribution >= 4 is 5.96 Å². The van der Waals surface area contributed by atoms with Crippen molar-refractivity contribution in [3.8, 4) is 0 Å². The maximum atomic E-state index is 4.26. The van der Waals surface area contributed by atoms with E-state index in [-0.39, 0.29) is 0 Å². The van der Waals surface area contributed by atoms with Gasteiger partial charge < -0.3 is 10.2 Å². The van der Waals surface area contributed by atoms with Crippen molar-refractivity contribution < 1.29 is 0 Å². The highest BCUT2D eigenvalue weighted by atomic mass is 15.7. The maximum absolute atomic E-state index is 4.26. The van der Waals surface area contributed by atoms with Crippen LogP contribution in [-0.2, 0) is 0 Å². The summed E-state index contributed by atoms with van der Waals surface area (Å²) in [5.74, 6) is 0.915. The zero-order valence-corrected chi connectivity index (χ0v) is 9.40. The summed E-state index contributed by atoms with van der Waals surface area (Å²) in [7, 11) is 4.21. The molecule has 1 saturated heterocycles. The van der Waals surface area contributed by atoms with Crippen LogP contribution in [-0.4, -0.2) is 67.7 Å². The van der Waals surface area contributed by atoms with Gasteiger partial charge in [-0.05, 0) is 13.1 Å². The molecule has 0 bridgehead atoms. The lowest BCUT2D eigenvalue weighted by Crippen LogP contribution is -2.56. The number of nitrogens with one attached hydrogen (secondary N) is 1. The first kappa shape index (κ1) is 10.4. The summed E-state index contributed by atoms with van der Waals surface area (Å²) in [6.45, 7) is 5.08. The van der Waals surface area contributed by atoms with Crippen LogP contribution >= 0.6 is 0 Å². The molecule has 0 aliphatic carbocycles. The van der Waals surface area contributed by atoms with Crippen LogP contribution in [0.25, 0.3) is 0 Å². The standard InChI is InChI=1S/C10H18N5/c1-13-6-8-15(9-7-13)14(2)10-11-4-3-5-12-10/h4H,5-9H2,1-2H3,(H,11,12). The van der Waals surface area contributed by atoms with Crippen LogP contribution in [0.15, 0.2) is 11.2 Å². The topological polar surface area (TPSA) is 34.1 Å². The van der Waals surface area contributed by atoms with Crippen LogP contribution in [0.2, 0.25) is 0 Å². The quantitative estimate of drug-likeness (QED) is 0.621. The summed E-state index contributed by atoms with van der Waals surface area (Å²) in [5, 5.41) is 7.62. The third-order valence-electron chi connectivity index (χ3n) is 2.84. The highest BCUT2D eigenvalue weighted by molar-refractivity contribution is 5.80. The summed E-state index contributed by atoms with van der Waals surface area (Å²) in [4.78, 5) is 6.61. The lowest BCUT2D eigenvalue weighted by Gasteiger charge is -2.39. The molecule has 2 rings (SSSR count). The van der Waals surface area contributed by atoms with E-state index in [4.69, 9.17) is 0 Å². The first-order valence-corrected chi connectivity index (χ1v) is 5.31. The number of piperazine rings is 1. The van der Waals surface area contributed by atoms with Gasteiger partial charge in [-0.3, -0.25) is 5.01 Å². The van der Waals surface area contributed by atoms with Crippen LogP contribution < -0.4 is 5.32 Å². The Morgan fingerprint density at radius 1 is 1.40 bits per heavy atom. The number of guanidine groups is 1. The van der Waals surface area contributed by atoms with Crippen molar-refractivity contribution in [1.29, 1.82) is 0 Å². The lowest BCUT2D eigenvalue weighted by atomic mass is 10.4. The van der Waals surface area contributed by atoms with E-state index in [0.29, 0.717) is 0 Å². The van der Waals surface area contributed by atoms with Gasteiger partial charge in [0, 0.05) is 46.0 Å². The molecule has 5 nitrogen and oxygen atoms in total. The molecule has 5 heteroatoms. The fraction of sp³-hybridized carbons (Fsp3) is 0.700. The molecule has 0 atom stereocenters. The monoisotopic (exact) mass is 208 g/mol. The highest BCUT2D eigenvalue weighted by Gasteiger charge is 2.20. The van der Waals surface area contributed by atoms with E-state index in [0.717, 1.165) is 38.7 Å². The number of aliphatic imine (C=N–C) groups is 1. The second-order valence-corrected chi connectivity index (χ2v) is 3.92. The molecule has 2 aliphatic heterocycles. The van der Waals surface area contributed by atoms with Crippen molar-refractivity contribution in [1.82, 2.24) is 20.2 Å². The summed E-state index contributed by atoms with van der Waals surface area (Å²) in [6.07, 6.45) is 4.74. The Labute approximate surface area is 91.0 Å². The third-order valence-corrected chi connectivity index (χ3v) is 2.84. The number of hydrazine groups is 1. The SMILES string of the molecule is CN1CCN(N(C)C2=NC=[C]CN2)CC1. The summed E-state index contributed by atoms with van der Waals surface area (Å²) in [5.41, 5.74) is 0. The molecule has 1 radical (unpaired) electrons. The Kier molecular flexibility index (Phi) is 3.23. The zero-order chi connectivity index (χ0) is 10.7. The molecule has 1 N–H and O–H groups in total. The van der Waals surface area contributed by atoms with Gasteiger partial charge in [0.2, 0.25) is 5.96 Å². The van der Waals surface area contributed by atoms with Crippen LogP contribution in [0, 0.1) is 6.08 Å². The van der Waals surface area contributed by atoms with Gasteiger partial charge in [0.1, 0.15) is 0 Å². The van der Waals surface area contributed by atoms with E-state index >= 15 is 0 Å². The van der Waals surface area contributed by atoms with E-state index in [1.54, 1.807) is 6.20 Å². The van der Waals surface area contributed by atoms with Crippen molar-refractivity contribution in [2.45, 2.75) is 0 Å². The smallest absolute Gasteiger partial charge is 0.213 e. The molecular weight excluding hydrogens is 190 g/mol. The van der Waals surface area contributed by atoms with E-state index in [1.807, 2.05) is 0 Å². The Morgan fingerprint density at radius 3 is 2.73 bits per heavy atom. The summed E-state index contributed by atoms with van der Waals surface area (Å²) in [6, 6.07) is 0. The predicted molar refractivity (Wildman–Crippen MR) is 60.1 cm³/mol. The highest BCUT2D eigenvalue weighted by Crippen LogP contribution is 2.03. The number of hydrogen-bond acceptors (Lipinski definition) is 5. The molecule has 0 aromatic carbocycles. The summed E-state index contributed by atoms with van der Waals surface area (Å²) < 4.78 is 0. The number of rotatable bonds is 1. The molecule has 2 aliphatic rings. The van der Waals surface area contributed by atoms with Gasteiger partial charge in [-0.1, -0.05) is 0 Å². The molecule has 2 heterocycles. The Morgan fingerprint density at radius 2 is 2.13 bits per heavy atom. The largest absolute Gasteiger partial charge is 0.351 e. The van der Waals surface area contributed by atoms with Gasteiger partial charge in [0.05, 0.1) is 0 Å². The first-order valence-electron chi connectivity index (χ1n) is 5.31. The lowest BCUT2D eigenvalue weighted by molar-refractivity contribution is 0.0186. The van der Waals surface area contributed by atoms with Crippen LogP contribution in [0.4, 0.5) is 0 Å². The molecule has 0 amide bonds. The number of likely N-dealkylation sites (N-methyl/N-ethyl adjacent to an activating group) is 1. The minimum atomic E-state index is 0.747. The Balaban J connectivity index is 1.92. The fourth-order valence-corrected chi connectivity index (χ4v) is 1.76. The average molecular weight is 208 g/mol. The van der Waals surface area contributed by atoms with Gasteiger partial charge in [-0.25, -0.2) is 10.0 Å². The predicted octanol–water partition coefficient (Wildman–Crippen LogP) is -0.643. The van der Waals surface area contributed by atoms with Crippen LogP contribution in [0.3, 0.4) is 0 Å². The minimum Gasteiger partial charge on any atom is -0.351 e. The second kappa shape index (κ2) is 4.63. The number of nitrogens with zero attached hydrogens (tertiary/aromatic N) is 4. The molecule has 0 unspecified atom stereocenters. The second-order valence-electron chi connectivity index (χ2n) is 3.92. The normalized spacial score (nSPS) is 23.5. The van der Waals surface area contributed by atoms with Crippen LogP contribution in [0.1, 0.15) is 0 Å². The van der Waals surface area contributed by atoms with Crippen molar-refractivity contribution in [3.05, 3.63) is 12.3 Å². The average Bonchev–Trinajstić information content (AvgIpc) is 2.30. The van der Waals surface area contributed by atoms with Gasteiger partial charge in [0.25, 0.3) is 0 Å². The molecule has 0 aromatic heterocycles. The van der Waals surface area contributed by atoms with Crippen molar-refractivity contribution in [3.63, 3.8) is 0 Å². The molecule has 15 heavy (non-hydrogen) atoms. The van der Waals surface area contributed by atoms with Crippen molar-refractivity contribution in [2.24, 2.45) is 4.99 Å². The van der Waals surface area contributed by atoms with E-state index in [2.05, 4.69) is 45.4 Å².